The van der Waals surface area contributed by atoms with Gasteiger partial charge in [0.15, 0.2) is 11.6 Å². The summed E-state index contributed by atoms with van der Waals surface area (Å²) >= 11 is 2.95. The highest BCUT2D eigenvalue weighted by Gasteiger charge is 2.11. The Kier molecular flexibility index (Phi) is 5.03. The Hall–Kier alpha value is -1.49. The summed E-state index contributed by atoms with van der Waals surface area (Å²) in [6.07, 6.45) is 6.02. The number of hydrogen-bond donors (Lipinski definition) is 1. The molecule has 1 aromatic carbocycles. The van der Waals surface area contributed by atoms with Crippen LogP contribution < -0.4 is 5.32 Å². The maximum atomic E-state index is 13.3. The van der Waals surface area contributed by atoms with Gasteiger partial charge in [0.1, 0.15) is 5.69 Å². The molecule has 0 bridgehead atoms. The number of carbonyl (C=O) groups excluding carboxylic acids is 1. The Bertz CT molecular complexity index is 460. The first kappa shape index (κ1) is 13.6. The van der Waals surface area contributed by atoms with Gasteiger partial charge in [-0.25, -0.2) is 8.78 Å². The van der Waals surface area contributed by atoms with Gasteiger partial charge in [-0.3, -0.25) is 4.79 Å². The second-order valence-electron chi connectivity index (χ2n) is 3.12. The van der Waals surface area contributed by atoms with Crippen molar-refractivity contribution in [1.29, 1.82) is 0 Å². The van der Waals surface area contributed by atoms with Gasteiger partial charge in [-0.2, -0.15) is 0 Å². The highest BCUT2D eigenvalue weighted by molar-refractivity contribution is 9.10. The molecular formula is C12H10BrF2NO. The van der Waals surface area contributed by atoms with E-state index >= 15 is 0 Å². The molecule has 1 aromatic rings. The van der Waals surface area contributed by atoms with Crippen LogP contribution in [-0.4, -0.2) is 5.91 Å². The third-order valence-electron chi connectivity index (χ3n) is 1.81. The number of allylic oxidation sites excluding steroid dienone is 3. The van der Waals surface area contributed by atoms with E-state index in [4.69, 9.17) is 0 Å². The van der Waals surface area contributed by atoms with Crippen molar-refractivity contribution < 1.29 is 13.6 Å². The number of nitrogens with one attached hydrogen (secondary N) is 1. The smallest absolute Gasteiger partial charge is 0.248 e. The second kappa shape index (κ2) is 6.30. The average Bonchev–Trinajstić information content (AvgIpc) is 2.24. The lowest BCUT2D eigenvalue weighted by atomic mass is 10.3. The van der Waals surface area contributed by atoms with E-state index in [9.17, 15) is 13.6 Å². The summed E-state index contributed by atoms with van der Waals surface area (Å²) in [5.74, 6) is -2.25. The van der Waals surface area contributed by atoms with Gasteiger partial charge >= 0.3 is 0 Å². The average molecular weight is 302 g/mol. The second-order valence-corrected chi connectivity index (χ2v) is 4.03. The molecule has 2 nitrogen and oxygen atoms in total. The molecule has 0 saturated carbocycles. The Morgan fingerprint density at radius 1 is 1.29 bits per heavy atom. The van der Waals surface area contributed by atoms with E-state index < -0.39 is 23.2 Å². The number of anilines is 1. The highest BCUT2D eigenvalue weighted by atomic mass is 79.9. The molecule has 0 radical (unpaired) electrons. The lowest BCUT2D eigenvalue weighted by molar-refractivity contribution is -0.111. The van der Waals surface area contributed by atoms with Gasteiger partial charge in [0.2, 0.25) is 5.91 Å². The SMILES string of the molecule is CC=CC=CC(=O)Nc1c(F)cc(Br)cc1F. The monoisotopic (exact) mass is 301 g/mol. The van der Waals surface area contributed by atoms with Crippen molar-refractivity contribution in [2.45, 2.75) is 6.92 Å². The summed E-state index contributed by atoms with van der Waals surface area (Å²) in [4.78, 5) is 11.3. The van der Waals surface area contributed by atoms with Crippen LogP contribution in [0.15, 0.2) is 40.9 Å². The van der Waals surface area contributed by atoms with Crippen molar-refractivity contribution in [2.24, 2.45) is 0 Å². The van der Waals surface area contributed by atoms with Crippen LogP contribution in [-0.2, 0) is 4.79 Å². The lowest BCUT2D eigenvalue weighted by Gasteiger charge is -2.05. The summed E-state index contributed by atoms with van der Waals surface area (Å²) in [6.45, 7) is 1.79. The van der Waals surface area contributed by atoms with E-state index in [0.29, 0.717) is 0 Å². The molecule has 17 heavy (non-hydrogen) atoms. The Morgan fingerprint density at radius 3 is 2.41 bits per heavy atom. The molecule has 1 amide bonds. The summed E-state index contributed by atoms with van der Waals surface area (Å²) < 4.78 is 26.9. The number of halogens is 3. The number of benzene rings is 1. The zero-order valence-corrected chi connectivity index (χ0v) is 10.6. The molecular weight excluding hydrogens is 292 g/mol. The Balaban J connectivity index is 2.85. The molecule has 0 spiro atoms. The van der Waals surface area contributed by atoms with Crippen molar-refractivity contribution >= 4 is 27.5 Å². The molecule has 0 aliphatic carbocycles. The molecule has 0 aliphatic heterocycles. The first-order chi connectivity index (χ1) is 8.04. The van der Waals surface area contributed by atoms with E-state index in [1.807, 2.05) is 0 Å². The first-order valence-corrected chi connectivity index (χ1v) is 5.58. The number of amides is 1. The Morgan fingerprint density at radius 2 is 1.88 bits per heavy atom. The van der Waals surface area contributed by atoms with Crippen LogP contribution in [0.4, 0.5) is 14.5 Å². The minimum Gasteiger partial charge on any atom is -0.318 e. The first-order valence-electron chi connectivity index (χ1n) is 4.79. The van der Waals surface area contributed by atoms with E-state index in [0.717, 1.165) is 12.1 Å². The van der Waals surface area contributed by atoms with Gasteiger partial charge in [0, 0.05) is 10.5 Å². The maximum absolute atomic E-state index is 13.3. The van der Waals surface area contributed by atoms with Crippen molar-refractivity contribution in [3.63, 3.8) is 0 Å². The molecule has 90 valence electrons. The van der Waals surface area contributed by atoms with Crippen LogP contribution in [0, 0.1) is 11.6 Å². The fourth-order valence-electron chi connectivity index (χ4n) is 1.08. The predicted octanol–water partition coefficient (Wildman–Crippen LogP) is 3.80. The van der Waals surface area contributed by atoms with E-state index in [1.165, 1.54) is 12.2 Å². The number of hydrogen-bond acceptors (Lipinski definition) is 1. The predicted molar refractivity (Wildman–Crippen MR) is 66.6 cm³/mol. The topological polar surface area (TPSA) is 29.1 Å². The van der Waals surface area contributed by atoms with Crippen LogP contribution in [0.3, 0.4) is 0 Å². The third-order valence-corrected chi connectivity index (χ3v) is 2.26. The van der Waals surface area contributed by atoms with Gasteiger partial charge in [0.25, 0.3) is 0 Å². The number of rotatable bonds is 3. The normalized spacial score (nSPS) is 11.3. The third kappa shape index (κ3) is 4.11. The van der Waals surface area contributed by atoms with Crippen LogP contribution in [0.1, 0.15) is 6.92 Å². The lowest BCUT2D eigenvalue weighted by Crippen LogP contribution is -2.11. The summed E-state index contributed by atoms with van der Waals surface area (Å²) in [5, 5.41) is 2.13. The number of carbonyl (C=O) groups is 1. The van der Waals surface area contributed by atoms with E-state index in [-0.39, 0.29) is 4.47 Å². The van der Waals surface area contributed by atoms with Gasteiger partial charge in [-0.05, 0) is 19.1 Å². The molecule has 5 heteroatoms. The maximum Gasteiger partial charge on any atom is 0.248 e. The van der Waals surface area contributed by atoms with Crippen molar-refractivity contribution in [3.05, 3.63) is 52.5 Å². The van der Waals surface area contributed by atoms with Gasteiger partial charge in [-0.1, -0.05) is 34.2 Å². The van der Waals surface area contributed by atoms with Gasteiger partial charge < -0.3 is 5.32 Å². The fourth-order valence-corrected chi connectivity index (χ4v) is 1.48. The molecule has 0 fully saturated rings. The zero-order valence-electron chi connectivity index (χ0n) is 9.01. The molecule has 0 heterocycles. The van der Waals surface area contributed by atoms with E-state index in [2.05, 4.69) is 21.2 Å². The van der Waals surface area contributed by atoms with Crippen LogP contribution in [0.2, 0.25) is 0 Å². The molecule has 1 rings (SSSR count). The summed E-state index contributed by atoms with van der Waals surface area (Å²) in [5.41, 5.74) is -0.455. The molecule has 0 saturated heterocycles. The van der Waals surface area contributed by atoms with Crippen LogP contribution in [0.25, 0.3) is 0 Å². The fraction of sp³-hybridized carbons (Fsp3) is 0.0833. The molecule has 0 aromatic heterocycles. The molecule has 0 aliphatic rings. The standard InChI is InChI=1S/C12H10BrF2NO/c1-2-3-4-5-11(17)16-12-9(14)6-8(13)7-10(12)15/h2-7H,1H3,(H,16,17). The summed E-state index contributed by atoms with van der Waals surface area (Å²) in [7, 11) is 0. The molecule has 1 N–H and O–H groups in total. The van der Waals surface area contributed by atoms with Crippen LogP contribution >= 0.6 is 15.9 Å². The Labute approximate surface area is 106 Å². The van der Waals surface area contributed by atoms with Crippen molar-refractivity contribution in [3.8, 4) is 0 Å². The van der Waals surface area contributed by atoms with Crippen LogP contribution in [0.5, 0.6) is 0 Å². The van der Waals surface area contributed by atoms with Gasteiger partial charge in [-0.15, -0.1) is 0 Å². The molecule has 0 unspecified atom stereocenters. The zero-order chi connectivity index (χ0) is 12.8. The minimum atomic E-state index is -0.829. The largest absolute Gasteiger partial charge is 0.318 e. The van der Waals surface area contributed by atoms with Crippen molar-refractivity contribution in [2.75, 3.05) is 5.32 Å². The van der Waals surface area contributed by atoms with Gasteiger partial charge in [0.05, 0.1) is 0 Å². The minimum absolute atomic E-state index is 0.273. The summed E-state index contributed by atoms with van der Waals surface area (Å²) in [6, 6.07) is 2.16. The van der Waals surface area contributed by atoms with E-state index in [1.54, 1.807) is 19.1 Å². The quantitative estimate of drug-likeness (QED) is 0.668. The highest BCUT2D eigenvalue weighted by Crippen LogP contribution is 2.23. The molecule has 0 atom stereocenters. The van der Waals surface area contributed by atoms with Crippen molar-refractivity contribution in [1.82, 2.24) is 0 Å².